The van der Waals surface area contributed by atoms with Crippen LogP contribution in [0, 0.1) is 0 Å². The Balaban J connectivity index is 1.34. The minimum atomic E-state index is -0.674. The molecule has 6 nitrogen and oxygen atoms in total. The van der Waals surface area contributed by atoms with Gasteiger partial charge in [-0.15, -0.1) is 0 Å². The molecule has 3 aromatic carbocycles. The number of nitrogens with one attached hydrogen (secondary N) is 2. The number of aliphatic hydroxyl groups excluding tert-OH is 1. The number of carbonyl (C=O) groups excluding carboxylic acids is 2. The maximum atomic E-state index is 13.2. The number of aryl methyl sites for hydroxylation is 1. The summed E-state index contributed by atoms with van der Waals surface area (Å²) in [7, 11) is 0. The number of pyridine rings is 1. The molecule has 7 heteroatoms. The highest BCUT2D eigenvalue weighted by Crippen LogP contribution is 2.32. The van der Waals surface area contributed by atoms with Crippen molar-refractivity contribution in [3.8, 4) is 11.3 Å². The van der Waals surface area contributed by atoms with E-state index in [-0.39, 0.29) is 11.8 Å². The van der Waals surface area contributed by atoms with Gasteiger partial charge in [-0.05, 0) is 71.6 Å². The standard InChI is InChI=1S/C30H26ClN3O3/c1-2-18-15-20(29(36)34-28-22-8-4-3-7-19(22)16-27(28)35)10-12-23(18)30(37)33-21-11-13-25(31)24(17-21)26-9-5-6-14-32-26/h3-15,17,27-28,35H,2,16H2,1H3,(H,33,37)(H,34,36)/t27-,28+/m0/s1. The maximum absolute atomic E-state index is 13.2. The third kappa shape index (κ3) is 5.12. The minimum absolute atomic E-state index is 0.279. The van der Waals surface area contributed by atoms with E-state index in [1.54, 1.807) is 42.6 Å². The summed E-state index contributed by atoms with van der Waals surface area (Å²) in [5, 5.41) is 16.9. The van der Waals surface area contributed by atoms with E-state index in [1.165, 1.54) is 0 Å². The van der Waals surface area contributed by atoms with E-state index in [0.29, 0.717) is 40.4 Å². The molecule has 5 rings (SSSR count). The van der Waals surface area contributed by atoms with E-state index in [2.05, 4.69) is 15.6 Å². The van der Waals surface area contributed by atoms with Gasteiger partial charge in [0.25, 0.3) is 11.8 Å². The first-order valence-electron chi connectivity index (χ1n) is 12.2. The van der Waals surface area contributed by atoms with Gasteiger partial charge in [-0.1, -0.05) is 48.9 Å². The molecule has 0 unspecified atom stereocenters. The Morgan fingerprint density at radius 2 is 1.81 bits per heavy atom. The second-order valence-corrected chi connectivity index (χ2v) is 9.42. The van der Waals surface area contributed by atoms with Gasteiger partial charge in [-0.3, -0.25) is 14.6 Å². The number of anilines is 1. The molecule has 0 fully saturated rings. The third-order valence-electron chi connectivity index (χ3n) is 6.65. The number of benzene rings is 3. The molecular weight excluding hydrogens is 486 g/mol. The number of fused-ring (bicyclic) bond motifs is 1. The molecule has 0 saturated carbocycles. The van der Waals surface area contributed by atoms with E-state index in [1.807, 2.05) is 49.4 Å². The van der Waals surface area contributed by atoms with Crippen LogP contribution in [0.4, 0.5) is 5.69 Å². The Labute approximate surface area is 220 Å². The van der Waals surface area contributed by atoms with Gasteiger partial charge in [0.15, 0.2) is 0 Å². The largest absolute Gasteiger partial charge is 0.390 e. The molecule has 1 heterocycles. The SMILES string of the molecule is CCc1cc(C(=O)N[C@@H]2c3ccccc3C[C@@H]2O)ccc1C(=O)Nc1ccc(Cl)c(-c2ccccn2)c1. The number of hydrogen-bond donors (Lipinski definition) is 3. The van der Waals surface area contributed by atoms with E-state index in [9.17, 15) is 14.7 Å². The lowest BCUT2D eigenvalue weighted by Gasteiger charge is -2.18. The second kappa shape index (κ2) is 10.5. The highest BCUT2D eigenvalue weighted by molar-refractivity contribution is 6.33. The molecule has 3 N–H and O–H groups in total. The molecule has 2 atom stereocenters. The van der Waals surface area contributed by atoms with Crippen molar-refractivity contribution in [2.45, 2.75) is 31.9 Å². The van der Waals surface area contributed by atoms with Crippen LogP contribution in [-0.2, 0) is 12.8 Å². The van der Waals surface area contributed by atoms with Crippen molar-refractivity contribution in [2.24, 2.45) is 0 Å². The molecular formula is C30H26ClN3O3. The van der Waals surface area contributed by atoms with E-state index < -0.39 is 12.1 Å². The second-order valence-electron chi connectivity index (χ2n) is 9.01. The third-order valence-corrected chi connectivity index (χ3v) is 6.98. The monoisotopic (exact) mass is 511 g/mol. The van der Waals surface area contributed by atoms with Crippen molar-refractivity contribution in [3.05, 3.63) is 118 Å². The summed E-state index contributed by atoms with van der Waals surface area (Å²) in [4.78, 5) is 30.6. The van der Waals surface area contributed by atoms with Crippen LogP contribution >= 0.6 is 11.6 Å². The van der Waals surface area contributed by atoms with Gasteiger partial charge in [0.1, 0.15) is 0 Å². The summed E-state index contributed by atoms with van der Waals surface area (Å²) < 4.78 is 0. The first-order chi connectivity index (χ1) is 17.9. The Bertz CT molecular complexity index is 1470. The topological polar surface area (TPSA) is 91.3 Å². The van der Waals surface area contributed by atoms with Crippen molar-refractivity contribution in [1.29, 1.82) is 0 Å². The van der Waals surface area contributed by atoms with E-state index >= 15 is 0 Å². The molecule has 0 radical (unpaired) electrons. The molecule has 0 saturated heterocycles. The van der Waals surface area contributed by atoms with Gasteiger partial charge in [-0.25, -0.2) is 0 Å². The van der Waals surface area contributed by atoms with Crippen LogP contribution in [0.2, 0.25) is 5.02 Å². The van der Waals surface area contributed by atoms with Gasteiger partial charge in [-0.2, -0.15) is 0 Å². The molecule has 2 amide bonds. The fourth-order valence-electron chi connectivity index (χ4n) is 4.74. The van der Waals surface area contributed by atoms with Crippen molar-refractivity contribution in [1.82, 2.24) is 10.3 Å². The highest BCUT2D eigenvalue weighted by Gasteiger charge is 2.32. The predicted octanol–water partition coefficient (Wildman–Crippen LogP) is 5.60. The molecule has 4 aromatic rings. The van der Waals surface area contributed by atoms with Gasteiger partial charge >= 0.3 is 0 Å². The van der Waals surface area contributed by atoms with Gasteiger partial charge < -0.3 is 15.7 Å². The van der Waals surface area contributed by atoms with Crippen LogP contribution in [0.25, 0.3) is 11.3 Å². The summed E-state index contributed by atoms with van der Waals surface area (Å²) in [5.41, 5.74) is 5.66. The van der Waals surface area contributed by atoms with Crippen LogP contribution in [0.3, 0.4) is 0 Å². The summed E-state index contributed by atoms with van der Waals surface area (Å²) in [5.74, 6) is -0.571. The van der Waals surface area contributed by atoms with E-state index in [4.69, 9.17) is 11.6 Å². The number of amides is 2. The average molecular weight is 512 g/mol. The molecule has 1 aromatic heterocycles. The van der Waals surface area contributed by atoms with Gasteiger partial charge in [0.05, 0.1) is 22.9 Å². The molecule has 1 aliphatic carbocycles. The normalized spacial score (nSPS) is 16.2. The lowest BCUT2D eigenvalue weighted by Crippen LogP contribution is -2.34. The number of halogens is 1. The highest BCUT2D eigenvalue weighted by atomic mass is 35.5. The fraction of sp³-hybridized carbons (Fsp3) is 0.167. The number of aromatic nitrogens is 1. The van der Waals surface area contributed by atoms with Crippen LogP contribution in [0.1, 0.15) is 50.4 Å². The molecule has 0 spiro atoms. The Morgan fingerprint density at radius 1 is 1.00 bits per heavy atom. The number of hydrogen-bond acceptors (Lipinski definition) is 4. The molecule has 1 aliphatic rings. The average Bonchev–Trinajstić information content (AvgIpc) is 3.24. The molecule has 37 heavy (non-hydrogen) atoms. The smallest absolute Gasteiger partial charge is 0.255 e. The number of nitrogens with zero attached hydrogens (tertiary/aromatic N) is 1. The number of aliphatic hydroxyl groups is 1. The predicted molar refractivity (Wildman–Crippen MR) is 145 cm³/mol. The Morgan fingerprint density at radius 3 is 2.59 bits per heavy atom. The van der Waals surface area contributed by atoms with Crippen molar-refractivity contribution in [3.63, 3.8) is 0 Å². The van der Waals surface area contributed by atoms with Crippen LogP contribution in [0.15, 0.2) is 85.1 Å². The van der Waals surface area contributed by atoms with Gasteiger partial charge in [0.2, 0.25) is 0 Å². The summed E-state index contributed by atoms with van der Waals surface area (Å²) in [6.45, 7) is 1.94. The Kier molecular flexibility index (Phi) is 7.04. The van der Waals surface area contributed by atoms with Crippen molar-refractivity contribution < 1.29 is 14.7 Å². The zero-order chi connectivity index (χ0) is 25.9. The molecule has 0 aliphatic heterocycles. The quantitative estimate of drug-likeness (QED) is 0.314. The van der Waals surface area contributed by atoms with Crippen LogP contribution in [0.5, 0.6) is 0 Å². The van der Waals surface area contributed by atoms with Crippen LogP contribution < -0.4 is 10.6 Å². The van der Waals surface area contributed by atoms with Gasteiger partial charge in [0, 0.05) is 35.0 Å². The van der Waals surface area contributed by atoms with Crippen LogP contribution in [-0.4, -0.2) is 28.0 Å². The zero-order valence-electron chi connectivity index (χ0n) is 20.2. The zero-order valence-corrected chi connectivity index (χ0v) is 21.0. The first kappa shape index (κ1) is 24.7. The lowest BCUT2D eigenvalue weighted by atomic mass is 10.00. The number of rotatable bonds is 6. The first-order valence-corrected chi connectivity index (χ1v) is 12.5. The van der Waals surface area contributed by atoms with E-state index in [0.717, 1.165) is 22.3 Å². The lowest BCUT2D eigenvalue weighted by molar-refractivity contribution is 0.0857. The van der Waals surface area contributed by atoms with Crippen molar-refractivity contribution >= 4 is 29.1 Å². The summed E-state index contributed by atoms with van der Waals surface area (Å²) in [6.07, 6.45) is 2.09. The minimum Gasteiger partial charge on any atom is -0.390 e. The summed E-state index contributed by atoms with van der Waals surface area (Å²) >= 11 is 6.37. The fourth-order valence-corrected chi connectivity index (χ4v) is 4.96. The molecule has 186 valence electrons. The summed E-state index contributed by atoms with van der Waals surface area (Å²) in [6, 6.07) is 23.1. The maximum Gasteiger partial charge on any atom is 0.255 e. The van der Waals surface area contributed by atoms with Crippen molar-refractivity contribution in [2.75, 3.05) is 5.32 Å². The molecule has 0 bridgehead atoms. The Hall–Kier alpha value is -4.00. The number of carbonyl (C=O) groups is 2.